The molecule has 0 aliphatic carbocycles. The average Bonchev–Trinajstić information content (AvgIpc) is 3.53. The Morgan fingerprint density at radius 2 is 1.11 bits per heavy atom. The lowest BCUT2D eigenvalue weighted by atomic mass is 9.91. The lowest BCUT2D eigenvalue weighted by molar-refractivity contribution is 0.668. The molecule has 2 heterocycles. The zero-order valence-corrected chi connectivity index (χ0v) is 25.5. The van der Waals surface area contributed by atoms with Crippen molar-refractivity contribution in [2.45, 2.75) is 6.17 Å². The molecule has 0 amide bonds. The fourth-order valence-electron chi connectivity index (χ4n) is 6.72. The van der Waals surface area contributed by atoms with Crippen LogP contribution in [0.5, 0.6) is 0 Å². The predicted octanol–water partition coefficient (Wildman–Crippen LogP) is 10.6. The fraction of sp³-hybridized carbons (Fsp3) is 0.0233. The van der Waals surface area contributed by atoms with Crippen molar-refractivity contribution < 1.29 is 4.42 Å². The maximum atomic E-state index is 6.44. The lowest BCUT2D eigenvalue weighted by Crippen LogP contribution is -2.33. The van der Waals surface area contributed by atoms with Gasteiger partial charge < -0.3 is 9.73 Å². The van der Waals surface area contributed by atoms with Crippen molar-refractivity contribution in [3.05, 3.63) is 180 Å². The van der Waals surface area contributed by atoms with Crippen LogP contribution in [-0.2, 0) is 0 Å². The van der Waals surface area contributed by atoms with E-state index in [1.54, 1.807) is 0 Å². The smallest absolute Gasteiger partial charge is 0.160 e. The van der Waals surface area contributed by atoms with Gasteiger partial charge in [0.2, 0.25) is 0 Å². The van der Waals surface area contributed by atoms with E-state index in [1.165, 1.54) is 27.5 Å². The fourth-order valence-corrected chi connectivity index (χ4v) is 6.72. The van der Waals surface area contributed by atoms with Crippen LogP contribution in [0.3, 0.4) is 0 Å². The van der Waals surface area contributed by atoms with Crippen molar-refractivity contribution in [1.82, 2.24) is 5.32 Å². The highest BCUT2D eigenvalue weighted by Crippen LogP contribution is 2.39. The molecule has 4 nitrogen and oxygen atoms in total. The maximum absolute atomic E-state index is 6.44. The van der Waals surface area contributed by atoms with Crippen LogP contribution in [0.25, 0.3) is 55.0 Å². The van der Waals surface area contributed by atoms with Crippen LogP contribution in [0.1, 0.15) is 22.9 Å². The van der Waals surface area contributed by atoms with Gasteiger partial charge in [-0.15, -0.1) is 0 Å². The SMILES string of the molecule is c1ccc(C2=NC(c3cccc4oc5ccc(-c6ccc(-c7ccccc7)c7ccccc67)cc5c34)=NC(c3ccccc3)N2)cc1. The van der Waals surface area contributed by atoms with Gasteiger partial charge in [-0.3, -0.25) is 0 Å². The van der Waals surface area contributed by atoms with Gasteiger partial charge in [0.05, 0.1) is 0 Å². The Balaban J connectivity index is 1.23. The van der Waals surface area contributed by atoms with Crippen LogP contribution in [0.15, 0.2) is 178 Å². The number of aliphatic imine (C=N–C) groups is 2. The summed E-state index contributed by atoms with van der Waals surface area (Å²) in [6.45, 7) is 0. The van der Waals surface area contributed by atoms with Crippen LogP contribution in [-0.4, -0.2) is 11.7 Å². The van der Waals surface area contributed by atoms with E-state index in [9.17, 15) is 0 Å². The van der Waals surface area contributed by atoms with Crippen molar-refractivity contribution in [3.8, 4) is 22.3 Å². The van der Waals surface area contributed by atoms with E-state index >= 15 is 0 Å². The van der Waals surface area contributed by atoms with Crippen molar-refractivity contribution in [2.24, 2.45) is 9.98 Å². The van der Waals surface area contributed by atoms with E-state index in [0.29, 0.717) is 5.84 Å². The van der Waals surface area contributed by atoms with Gasteiger partial charge in [-0.05, 0) is 56.8 Å². The standard InChI is InChI=1S/C43H29N3O/c1-4-13-28(14-5-1)32-24-25-33(35-20-11-10-19-34(32)35)31-23-26-38-37(27-31)40-36(21-12-22-39(40)47-38)43-45-41(29-15-6-2-7-16-29)44-42(46-43)30-17-8-3-9-18-30/h1-27,41H,(H,44,45,46). The molecule has 1 aliphatic heterocycles. The lowest BCUT2D eigenvalue weighted by Gasteiger charge is -2.23. The molecule has 1 unspecified atom stereocenters. The second kappa shape index (κ2) is 11.3. The molecule has 0 fully saturated rings. The number of benzene rings is 7. The van der Waals surface area contributed by atoms with Gasteiger partial charge in [-0.2, -0.15) is 0 Å². The third-order valence-corrected chi connectivity index (χ3v) is 8.96. The number of hydrogen-bond acceptors (Lipinski definition) is 4. The minimum absolute atomic E-state index is 0.280. The summed E-state index contributed by atoms with van der Waals surface area (Å²) >= 11 is 0. The van der Waals surface area contributed by atoms with Crippen LogP contribution in [0, 0.1) is 0 Å². The molecular weight excluding hydrogens is 574 g/mol. The molecule has 0 saturated heterocycles. The van der Waals surface area contributed by atoms with Crippen LogP contribution in [0.2, 0.25) is 0 Å². The normalized spacial score (nSPS) is 14.6. The minimum Gasteiger partial charge on any atom is -0.456 e. The Morgan fingerprint density at radius 1 is 0.468 bits per heavy atom. The molecule has 7 aromatic carbocycles. The first-order chi connectivity index (χ1) is 23.3. The second-order valence-electron chi connectivity index (χ2n) is 11.8. The number of furan rings is 1. The molecule has 9 rings (SSSR count). The Morgan fingerprint density at radius 3 is 1.83 bits per heavy atom. The molecule has 8 aromatic rings. The van der Waals surface area contributed by atoms with Crippen LogP contribution in [0.4, 0.5) is 0 Å². The Kier molecular flexibility index (Phi) is 6.50. The largest absolute Gasteiger partial charge is 0.456 e. The summed E-state index contributed by atoms with van der Waals surface area (Å²) in [7, 11) is 0. The third-order valence-electron chi connectivity index (χ3n) is 8.96. The van der Waals surface area contributed by atoms with E-state index in [0.717, 1.165) is 50.0 Å². The van der Waals surface area contributed by atoms with Crippen molar-refractivity contribution in [2.75, 3.05) is 0 Å². The van der Waals surface area contributed by atoms with E-state index in [1.807, 2.05) is 48.5 Å². The van der Waals surface area contributed by atoms with E-state index in [-0.39, 0.29) is 6.17 Å². The summed E-state index contributed by atoms with van der Waals surface area (Å²) in [6, 6.07) is 56.9. The quantitative estimate of drug-likeness (QED) is 0.213. The van der Waals surface area contributed by atoms with E-state index < -0.39 is 0 Å². The Bertz CT molecular complexity index is 2480. The van der Waals surface area contributed by atoms with Gasteiger partial charge in [0, 0.05) is 21.9 Å². The highest BCUT2D eigenvalue weighted by molar-refractivity contribution is 6.22. The van der Waals surface area contributed by atoms with Gasteiger partial charge in [0.1, 0.15) is 23.2 Å². The molecule has 0 bridgehead atoms. The first kappa shape index (κ1) is 27.1. The topological polar surface area (TPSA) is 49.9 Å². The molecule has 4 heteroatoms. The molecule has 0 saturated carbocycles. The first-order valence-corrected chi connectivity index (χ1v) is 15.9. The van der Waals surface area contributed by atoms with Crippen molar-refractivity contribution in [1.29, 1.82) is 0 Å². The zero-order valence-electron chi connectivity index (χ0n) is 25.5. The number of hydrogen-bond donors (Lipinski definition) is 1. The highest BCUT2D eigenvalue weighted by Gasteiger charge is 2.23. The van der Waals surface area contributed by atoms with Gasteiger partial charge >= 0.3 is 0 Å². The number of fused-ring (bicyclic) bond motifs is 4. The molecular formula is C43H29N3O. The number of nitrogens with zero attached hydrogens (tertiary/aromatic N) is 2. The molecule has 0 spiro atoms. The van der Waals surface area contributed by atoms with Crippen molar-refractivity contribution >= 4 is 44.4 Å². The van der Waals surface area contributed by atoms with Crippen molar-refractivity contribution in [3.63, 3.8) is 0 Å². The summed E-state index contributed by atoms with van der Waals surface area (Å²) in [5.41, 5.74) is 9.43. The Hall–Kier alpha value is -6.26. The molecule has 47 heavy (non-hydrogen) atoms. The average molecular weight is 604 g/mol. The van der Waals surface area contributed by atoms with E-state index in [2.05, 4.69) is 121 Å². The second-order valence-corrected chi connectivity index (χ2v) is 11.8. The number of amidine groups is 2. The van der Waals surface area contributed by atoms with Gasteiger partial charge in [0.15, 0.2) is 5.84 Å². The molecule has 222 valence electrons. The highest BCUT2D eigenvalue weighted by atomic mass is 16.3. The van der Waals surface area contributed by atoms with Gasteiger partial charge in [0.25, 0.3) is 0 Å². The summed E-state index contributed by atoms with van der Waals surface area (Å²) in [6.07, 6.45) is -0.280. The molecule has 1 atom stereocenters. The molecule has 1 aliphatic rings. The van der Waals surface area contributed by atoms with E-state index in [4.69, 9.17) is 14.4 Å². The monoisotopic (exact) mass is 603 g/mol. The first-order valence-electron chi connectivity index (χ1n) is 15.9. The number of nitrogens with one attached hydrogen (secondary N) is 1. The van der Waals surface area contributed by atoms with Crippen LogP contribution < -0.4 is 5.32 Å². The summed E-state index contributed by atoms with van der Waals surface area (Å²) in [5.74, 6) is 1.47. The molecule has 1 N–H and O–H groups in total. The summed E-state index contributed by atoms with van der Waals surface area (Å²) < 4.78 is 6.44. The van der Waals surface area contributed by atoms with Crippen LogP contribution >= 0.6 is 0 Å². The Labute approximate surface area is 272 Å². The number of rotatable bonds is 5. The molecule has 0 radical (unpaired) electrons. The third kappa shape index (κ3) is 4.79. The molecule has 1 aromatic heterocycles. The van der Waals surface area contributed by atoms with Gasteiger partial charge in [-0.1, -0.05) is 146 Å². The zero-order chi connectivity index (χ0) is 31.2. The predicted molar refractivity (Wildman–Crippen MR) is 194 cm³/mol. The maximum Gasteiger partial charge on any atom is 0.160 e. The summed E-state index contributed by atoms with van der Waals surface area (Å²) in [4.78, 5) is 10.3. The minimum atomic E-state index is -0.280. The summed E-state index contributed by atoms with van der Waals surface area (Å²) in [5, 5.41) is 8.06. The van der Waals surface area contributed by atoms with Gasteiger partial charge in [-0.25, -0.2) is 9.98 Å².